The van der Waals surface area contributed by atoms with Crippen LogP contribution in [0, 0.1) is 6.92 Å². The standard InChI is InChI=1S/C15H13ClO2S/c1-11-6-8-13(9-7-11)19(17,18)15(16)10-12-4-2-3-5-14(12)15/h2-9H,10H2,1H3. The first-order chi connectivity index (χ1) is 8.95. The molecule has 4 heteroatoms. The summed E-state index contributed by atoms with van der Waals surface area (Å²) in [5, 5.41) is 0. The number of benzene rings is 2. The Balaban J connectivity index is 2.10. The molecule has 0 saturated carbocycles. The molecule has 0 N–H and O–H groups in total. The number of alkyl halides is 1. The lowest BCUT2D eigenvalue weighted by Crippen LogP contribution is -2.41. The summed E-state index contributed by atoms with van der Waals surface area (Å²) in [6.45, 7) is 1.92. The molecule has 1 aliphatic rings. The number of hydrogen-bond acceptors (Lipinski definition) is 2. The van der Waals surface area contributed by atoms with Gasteiger partial charge in [0, 0.05) is 6.42 Å². The van der Waals surface area contributed by atoms with Crippen molar-refractivity contribution in [2.45, 2.75) is 22.4 Å². The van der Waals surface area contributed by atoms with E-state index < -0.39 is 14.0 Å². The normalized spacial score (nSPS) is 21.6. The topological polar surface area (TPSA) is 34.1 Å². The summed E-state index contributed by atoms with van der Waals surface area (Å²) >= 11 is 6.42. The van der Waals surface area contributed by atoms with E-state index in [9.17, 15) is 8.42 Å². The molecule has 0 amide bonds. The molecule has 19 heavy (non-hydrogen) atoms. The quantitative estimate of drug-likeness (QED) is 0.795. The number of rotatable bonds is 2. The Morgan fingerprint density at radius 3 is 2.32 bits per heavy atom. The maximum atomic E-state index is 12.7. The van der Waals surface area contributed by atoms with Gasteiger partial charge in [-0.25, -0.2) is 8.42 Å². The van der Waals surface area contributed by atoms with Crippen molar-refractivity contribution in [3.63, 3.8) is 0 Å². The van der Waals surface area contributed by atoms with E-state index in [0.29, 0.717) is 12.0 Å². The number of fused-ring (bicyclic) bond motifs is 1. The van der Waals surface area contributed by atoms with Crippen LogP contribution >= 0.6 is 11.6 Å². The highest BCUT2D eigenvalue weighted by Gasteiger charge is 2.52. The molecule has 0 bridgehead atoms. The van der Waals surface area contributed by atoms with Crippen LogP contribution in [0.25, 0.3) is 0 Å². The smallest absolute Gasteiger partial charge is 0.202 e. The molecule has 0 radical (unpaired) electrons. The highest BCUT2D eigenvalue weighted by atomic mass is 35.5. The van der Waals surface area contributed by atoms with Gasteiger partial charge in [-0.05, 0) is 30.2 Å². The maximum Gasteiger partial charge on any atom is 0.202 e. The van der Waals surface area contributed by atoms with Gasteiger partial charge in [-0.15, -0.1) is 0 Å². The van der Waals surface area contributed by atoms with E-state index >= 15 is 0 Å². The lowest BCUT2D eigenvalue weighted by Gasteiger charge is -2.37. The van der Waals surface area contributed by atoms with E-state index in [2.05, 4.69) is 0 Å². The fourth-order valence-corrected chi connectivity index (χ4v) is 4.71. The second-order valence-electron chi connectivity index (χ2n) is 4.88. The fourth-order valence-electron chi connectivity index (χ4n) is 2.42. The second kappa shape index (κ2) is 4.09. The van der Waals surface area contributed by atoms with E-state index in [1.165, 1.54) is 0 Å². The van der Waals surface area contributed by atoms with Crippen LogP contribution in [-0.2, 0) is 20.5 Å². The summed E-state index contributed by atoms with van der Waals surface area (Å²) in [6.07, 6.45) is 0.362. The molecule has 0 aliphatic heterocycles. The summed E-state index contributed by atoms with van der Waals surface area (Å²) in [6, 6.07) is 14.2. The molecule has 98 valence electrons. The van der Waals surface area contributed by atoms with Gasteiger partial charge in [-0.2, -0.15) is 0 Å². The summed E-state index contributed by atoms with van der Waals surface area (Å²) in [5.74, 6) is 0. The Kier molecular flexibility index (Phi) is 2.73. The lowest BCUT2D eigenvalue weighted by molar-refractivity contribution is 0.556. The first-order valence-corrected chi connectivity index (χ1v) is 7.90. The molecule has 0 aromatic heterocycles. The van der Waals surface area contributed by atoms with Gasteiger partial charge in [-0.3, -0.25) is 0 Å². The molecule has 2 aromatic rings. The van der Waals surface area contributed by atoms with Crippen molar-refractivity contribution in [2.24, 2.45) is 0 Å². The minimum absolute atomic E-state index is 0.280. The van der Waals surface area contributed by atoms with Crippen molar-refractivity contribution < 1.29 is 8.42 Å². The predicted octanol–water partition coefficient (Wildman–Crippen LogP) is 3.42. The van der Waals surface area contributed by atoms with Gasteiger partial charge in [0.05, 0.1) is 4.90 Å². The third-order valence-corrected chi connectivity index (χ3v) is 6.65. The largest absolute Gasteiger partial charge is 0.221 e. The van der Waals surface area contributed by atoms with Gasteiger partial charge in [0.25, 0.3) is 0 Å². The van der Waals surface area contributed by atoms with Crippen LogP contribution in [0.3, 0.4) is 0 Å². The summed E-state index contributed by atoms with van der Waals surface area (Å²) < 4.78 is 24.0. The monoisotopic (exact) mass is 292 g/mol. The summed E-state index contributed by atoms with van der Waals surface area (Å²) in [7, 11) is -3.57. The molecule has 0 saturated heterocycles. The zero-order chi connectivity index (χ0) is 13.7. The van der Waals surface area contributed by atoms with Crippen LogP contribution in [-0.4, -0.2) is 8.42 Å². The molecular weight excluding hydrogens is 280 g/mol. The minimum atomic E-state index is -3.57. The highest BCUT2D eigenvalue weighted by molar-refractivity contribution is 7.93. The Hall–Kier alpha value is -1.32. The molecule has 0 heterocycles. The van der Waals surface area contributed by atoms with Gasteiger partial charge in [0.15, 0.2) is 4.21 Å². The van der Waals surface area contributed by atoms with Crippen LogP contribution in [0.2, 0.25) is 0 Å². The van der Waals surface area contributed by atoms with Crippen molar-refractivity contribution in [3.05, 3.63) is 65.2 Å². The average molecular weight is 293 g/mol. The summed E-state index contributed by atoms with van der Waals surface area (Å²) in [4.78, 5) is 0.280. The molecule has 1 aliphatic carbocycles. The molecule has 1 unspecified atom stereocenters. The zero-order valence-electron chi connectivity index (χ0n) is 10.4. The van der Waals surface area contributed by atoms with Crippen LogP contribution in [0.1, 0.15) is 16.7 Å². The van der Waals surface area contributed by atoms with E-state index in [0.717, 1.165) is 11.1 Å². The Morgan fingerprint density at radius 2 is 1.68 bits per heavy atom. The summed E-state index contributed by atoms with van der Waals surface area (Å²) in [5.41, 5.74) is 2.74. The van der Waals surface area contributed by atoms with Gasteiger partial charge in [-0.1, -0.05) is 53.6 Å². The Bertz CT molecular complexity index is 735. The van der Waals surface area contributed by atoms with Crippen molar-refractivity contribution in [1.29, 1.82) is 0 Å². The number of sulfone groups is 1. The third-order valence-electron chi connectivity index (χ3n) is 3.59. The molecule has 1 atom stereocenters. The first kappa shape index (κ1) is 12.7. The molecule has 0 fully saturated rings. The van der Waals surface area contributed by atoms with Crippen molar-refractivity contribution in [2.75, 3.05) is 0 Å². The van der Waals surface area contributed by atoms with Crippen LogP contribution in [0.5, 0.6) is 0 Å². The number of hydrogen-bond donors (Lipinski definition) is 0. The number of aryl methyl sites for hydroxylation is 1. The molecule has 2 nitrogen and oxygen atoms in total. The fraction of sp³-hybridized carbons (Fsp3) is 0.200. The minimum Gasteiger partial charge on any atom is -0.221 e. The Morgan fingerprint density at radius 1 is 1.05 bits per heavy atom. The van der Waals surface area contributed by atoms with E-state index in [-0.39, 0.29) is 4.90 Å². The van der Waals surface area contributed by atoms with Crippen molar-refractivity contribution in [3.8, 4) is 0 Å². The predicted molar refractivity (Wildman–Crippen MR) is 76.0 cm³/mol. The highest BCUT2D eigenvalue weighted by Crippen LogP contribution is 2.50. The average Bonchev–Trinajstić information content (AvgIpc) is 2.37. The van der Waals surface area contributed by atoms with E-state index in [1.54, 1.807) is 30.3 Å². The lowest BCUT2D eigenvalue weighted by atomic mass is 9.87. The Labute approximate surface area is 118 Å². The molecule has 0 spiro atoms. The second-order valence-corrected chi connectivity index (χ2v) is 7.92. The van der Waals surface area contributed by atoms with Crippen molar-refractivity contribution >= 4 is 21.4 Å². The number of halogens is 1. The van der Waals surface area contributed by atoms with E-state index in [1.807, 2.05) is 25.1 Å². The first-order valence-electron chi connectivity index (χ1n) is 6.04. The molecule has 3 rings (SSSR count). The van der Waals surface area contributed by atoms with Gasteiger partial charge in [0.1, 0.15) is 0 Å². The van der Waals surface area contributed by atoms with Crippen molar-refractivity contribution in [1.82, 2.24) is 0 Å². The molecule has 2 aromatic carbocycles. The van der Waals surface area contributed by atoms with Gasteiger partial charge < -0.3 is 0 Å². The third kappa shape index (κ3) is 1.72. The van der Waals surface area contributed by atoms with Crippen LogP contribution in [0.4, 0.5) is 0 Å². The molecular formula is C15H13ClO2S. The van der Waals surface area contributed by atoms with E-state index in [4.69, 9.17) is 11.6 Å². The zero-order valence-corrected chi connectivity index (χ0v) is 12.0. The van der Waals surface area contributed by atoms with Gasteiger partial charge >= 0.3 is 0 Å². The maximum absolute atomic E-state index is 12.7. The van der Waals surface area contributed by atoms with Crippen LogP contribution in [0.15, 0.2) is 53.4 Å². The van der Waals surface area contributed by atoms with Gasteiger partial charge in [0.2, 0.25) is 9.84 Å². The SMILES string of the molecule is Cc1ccc(S(=O)(=O)C2(Cl)Cc3ccccc32)cc1. The van der Waals surface area contributed by atoms with Crippen LogP contribution < -0.4 is 0 Å².